The van der Waals surface area contributed by atoms with E-state index in [-0.39, 0.29) is 56.1 Å². The summed E-state index contributed by atoms with van der Waals surface area (Å²) in [5.74, 6) is -3.62. The van der Waals surface area contributed by atoms with Gasteiger partial charge in [0.05, 0.1) is 6.04 Å². The van der Waals surface area contributed by atoms with Crippen molar-refractivity contribution in [1.29, 1.82) is 0 Å². The summed E-state index contributed by atoms with van der Waals surface area (Å²) in [6, 6.07) is 5.06. The van der Waals surface area contributed by atoms with Gasteiger partial charge in [-0.05, 0) is 12.1 Å². The molecule has 192 valence electrons. The molecule has 0 radical (unpaired) electrons. The third-order valence-corrected chi connectivity index (χ3v) is 6.65. The molecule has 0 saturated carbocycles. The molecule has 2 unspecified atom stereocenters. The molecular weight excluding hydrogens is 563 g/mol. The number of amides is 4. The first-order valence-corrected chi connectivity index (χ1v) is 12.7. The summed E-state index contributed by atoms with van der Waals surface area (Å²) < 4.78 is 34.8. The number of aromatic nitrogens is 1. The number of oxime groups is 1. The Balaban J connectivity index is 0.00000481. The van der Waals surface area contributed by atoms with Crippen LogP contribution in [0.4, 0.5) is 5.13 Å². The van der Waals surface area contributed by atoms with E-state index in [9.17, 15) is 32.1 Å². The molecule has 37 heavy (non-hydrogen) atoms. The molecule has 3 rings (SSSR count). The molecule has 18 heteroatoms. The quantitative estimate of drug-likeness (QED) is 0.0631. The average molecular weight is 581 g/mol. The number of β-lactam (4-membered cyclic amide) rings is 1. The molecule has 3 N–H and O–H groups in total. The zero-order valence-corrected chi connectivity index (χ0v) is 23.7. The van der Waals surface area contributed by atoms with Crippen LogP contribution in [-0.4, -0.2) is 83.2 Å². The van der Waals surface area contributed by atoms with Gasteiger partial charge in [-0.1, -0.05) is 23.4 Å². The molecule has 0 bridgehead atoms. The molecule has 0 spiro atoms. The van der Waals surface area contributed by atoms with E-state index in [0.717, 1.165) is 18.4 Å². The number of halogens is 1. The van der Waals surface area contributed by atoms with Crippen LogP contribution >= 0.6 is 22.9 Å². The van der Waals surface area contributed by atoms with Crippen molar-refractivity contribution in [2.75, 3.05) is 24.9 Å². The maximum absolute atomic E-state index is 12.9. The first-order valence-electron chi connectivity index (χ1n) is 9.93. The number of nitrogens with one attached hydrogen (secondary N) is 3. The maximum Gasteiger partial charge on any atom is 1.00 e. The van der Waals surface area contributed by atoms with Crippen LogP contribution in [0.5, 0.6) is 0 Å². The standard InChI is InChI=1S/C19H19ClN6O8S2.Na/c1-34-25-14(11-9-35-19(22-11)23-13(27)7-20)17(29)24-15-12(26(18(15)30)36(31,32)33)8-21-16(28)10-5-3-2-4-6-10;/h2-6,9,12,15H,7-8H2,1H3,(H,21,28)(H,24,29)(H,22,23,27)(H,31,32,33);/q;+1/p-1. The van der Waals surface area contributed by atoms with E-state index < -0.39 is 58.3 Å². The van der Waals surface area contributed by atoms with Crippen LogP contribution in [0.1, 0.15) is 16.1 Å². The molecule has 1 aliphatic heterocycles. The third kappa shape index (κ3) is 7.47. The Labute approximate surface area is 241 Å². The smallest absolute Gasteiger partial charge is 0.731 e. The van der Waals surface area contributed by atoms with E-state index in [0.29, 0.717) is 0 Å². The Morgan fingerprint density at radius 3 is 2.54 bits per heavy atom. The number of anilines is 1. The predicted octanol–water partition coefficient (Wildman–Crippen LogP) is -3.74. The van der Waals surface area contributed by atoms with Crippen LogP contribution in [0, 0.1) is 0 Å². The number of rotatable bonds is 10. The minimum Gasteiger partial charge on any atom is -0.731 e. The Kier molecular flexibility index (Phi) is 11.0. The minimum absolute atomic E-state index is 0. The van der Waals surface area contributed by atoms with Gasteiger partial charge in [0.1, 0.15) is 24.7 Å². The monoisotopic (exact) mass is 580 g/mol. The number of nitrogens with zero attached hydrogens (tertiary/aromatic N) is 3. The van der Waals surface area contributed by atoms with Gasteiger partial charge < -0.3 is 25.3 Å². The fourth-order valence-corrected chi connectivity index (χ4v) is 4.78. The first kappa shape index (κ1) is 30.6. The molecule has 1 aliphatic rings. The number of carbonyl (C=O) groups excluding carboxylic acids is 4. The second kappa shape index (κ2) is 13.3. The average Bonchev–Trinajstić information content (AvgIpc) is 3.30. The van der Waals surface area contributed by atoms with Gasteiger partial charge in [0, 0.05) is 17.5 Å². The van der Waals surface area contributed by atoms with Gasteiger partial charge >= 0.3 is 29.6 Å². The summed E-state index contributed by atoms with van der Waals surface area (Å²) in [7, 11) is -4.07. The summed E-state index contributed by atoms with van der Waals surface area (Å²) in [5.41, 5.74) is -0.169. The predicted molar refractivity (Wildman–Crippen MR) is 126 cm³/mol. The van der Waals surface area contributed by atoms with Crippen molar-refractivity contribution in [2.45, 2.75) is 12.1 Å². The van der Waals surface area contributed by atoms with Crippen molar-refractivity contribution in [3.8, 4) is 0 Å². The molecule has 2 heterocycles. The van der Waals surface area contributed by atoms with Crippen LogP contribution in [0.3, 0.4) is 0 Å². The van der Waals surface area contributed by atoms with Gasteiger partial charge in [-0.25, -0.2) is 17.7 Å². The van der Waals surface area contributed by atoms with Crippen LogP contribution < -0.4 is 45.5 Å². The van der Waals surface area contributed by atoms with Crippen molar-refractivity contribution in [3.05, 3.63) is 47.0 Å². The van der Waals surface area contributed by atoms with Crippen molar-refractivity contribution < 1.29 is 66.5 Å². The fourth-order valence-electron chi connectivity index (χ4n) is 3.14. The SMILES string of the molecule is CON=C(C(=O)NC1C(=O)N(S(=O)(=O)[O-])C1CNC(=O)c1ccccc1)c1csc(NC(=O)CCl)n1.[Na+]. The zero-order valence-electron chi connectivity index (χ0n) is 19.3. The van der Waals surface area contributed by atoms with E-state index in [1.54, 1.807) is 18.2 Å². The van der Waals surface area contributed by atoms with Gasteiger partial charge in [0.2, 0.25) is 5.91 Å². The molecule has 0 aliphatic carbocycles. The van der Waals surface area contributed by atoms with E-state index in [4.69, 9.17) is 11.6 Å². The molecule has 2 atom stereocenters. The molecule has 1 aromatic carbocycles. The third-order valence-electron chi connectivity index (χ3n) is 4.72. The topological polar surface area (TPSA) is 199 Å². The largest absolute Gasteiger partial charge is 1.00 e. The van der Waals surface area contributed by atoms with Gasteiger partial charge in [0.15, 0.2) is 21.1 Å². The molecule has 1 saturated heterocycles. The molecule has 2 aromatic rings. The maximum atomic E-state index is 12.9. The zero-order chi connectivity index (χ0) is 26.5. The Morgan fingerprint density at radius 1 is 1.27 bits per heavy atom. The van der Waals surface area contributed by atoms with Crippen LogP contribution in [0.25, 0.3) is 0 Å². The van der Waals surface area contributed by atoms with Crippen LogP contribution in [0.15, 0.2) is 40.9 Å². The number of benzene rings is 1. The van der Waals surface area contributed by atoms with E-state index in [1.807, 2.05) is 0 Å². The second-order valence-corrected chi connectivity index (χ2v) is 9.40. The summed E-state index contributed by atoms with van der Waals surface area (Å²) in [6.45, 7) is -0.450. The van der Waals surface area contributed by atoms with E-state index in [2.05, 4.69) is 30.9 Å². The Bertz CT molecular complexity index is 1310. The number of thiazole rings is 1. The van der Waals surface area contributed by atoms with Crippen LogP contribution in [0.2, 0.25) is 0 Å². The molecule has 1 aromatic heterocycles. The van der Waals surface area contributed by atoms with Crippen molar-refractivity contribution in [3.63, 3.8) is 0 Å². The summed E-state index contributed by atoms with van der Waals surface area (Å²) >= 11 is 6.39. The molecular formula is C19H18ClN6NaO8S2. The number of carbonyl (C=O) groups is 4. The molecule has 4 amide bonds. The Hall–Kier alpha value is -2.60. The normalized spacial score (nSPS) is 17.2. The van der Waals surface area contributed by atoms with E-state index in [1.165, 1.54) is 17.5 Å². The van der Waals surface area contributed by atoms with Crippen LogP contribution in [-0.2, 0) is 29.5 Å². The Morgan fingerprint density at radius 2 is 1.95 bits per heavy atom. The summed E-state index contributed by atoms with van der Waals surface area (Å²) in [5, 5.41) is 12.2. The first-order chi connectivity index (χ1) is 17.1. The second-order valence-electron chi connectivity index (χ2n) is 7.03. The van der Waals surface area contributed by atoms with Gasteiger partial charge in [0.25, 0.3) is 17.7 Å². The number of hydrogen-bond donors (Lipinski definition) is 3. The van der Waals surface area contributed by atoms with Crippen molar-refractivity contribution in [1.82, 2.24) is 19.9 Å². The number of alkyl halides is 1. The minimum atomic E-state index is -5.22. The van der Waals surface area contributed by atoms with Crippen molar-refractivity contribution in [2.24, 2.45) is 5.16 Å². The van der Waals surface area contributed by atoms with Gasteiger partial charge in [-0.2, -0.15) is 0 Å². The summed E-state index contributed by atoms with van der Waals surface area (Å²) in [4.78, 5) is 57.8. The van der Waals surface area contributed by atoms with E-state index >= 15 is 0 Å². The molecule has 1 fully saturated rings. The fraction of sp³-hybridized carbons (Fsp3) is 0.263. The number of hydrogen-bond acceptors (Lipinski definition) is 11. The van der Waals surface area contributed by atoms with Gasteiger partial charge in [-0.3, -0.25) is 19.2 Å². The summed E-state index contributed by atoms with van der Waals surface area (Å²) in [6.07, 6.45) is 0. The van der Waals surface area contributed by atoms with Crippen molar-refractivity contribution >= 4 is 67.7 Å². The molecule has 14 nitrogen and oxygen atoms in total. The van der Waals surface area contributed by atoms with Gasteiger partial charge in [-0.15, -0.1) is 22.9 Å².